The van der Waals surface area contributed by atoms with Crippen LogP contribution in [0.15, 0.2) is 18.2 Å². The molecule has 0 aliphatic rings. The molecular formula is C12H16O5S. The van der Waals surface area contributed by atoms with Crippen LogP contribution in [0.25, 0.3) is 0 Å². The van der Waals surface area contributed by atoms with Crippen LogP contribution in [0, 0.1) is 6.92 Å². The normalized spacial score (nSPS) is 13.1. The largest absolute Gasteiger partial charge is 0.496 e. The number of sulfone groups is 1. The van der Waals surface area contributed by atoms with Crippen LogP contribution in [0.2, 0.25) is 0 Å². The summed E-state index contributed by atoms with van der Waals surface area (Å²) in [5, 5.41) is 7.34. The molecule has 0 saturated heterocycles. The second-order valence-corrected chi connectivity index (χ2v) is 6.42. The van der Waals surface area contributed by atoms with Crippen LogP contribution < -0.4 is 4.74 Å². The Balaban J connectivity index is 3.11. The van der Waals surface area contributed by atoms with Gasteiger partial charge < -0.3 is 9.84 Å². The molecule has 0 saturated carbocycles. The molecule has 1 N–H and O–H groups in total. The van der Waals surface area contributed by atoms with Crippen LogP contribution in [-0.4, -0.2) is 31.9 Å². The minimum Gasteiger partial charge on any atom is -0.496 e. The second kappa shape index (κ2) is 5.39. The van der Waals surface area contributed by atoms with Gasteiger partial charge in [-0.15, -0.1) is 0 Å². The molecule has 0 aliphatic carbocycles. The van der Waals surface area contributed by atoms with E-state index in [1.165, 1.54) is 14.0 Å². The molecule has 0 amide bonds. The van der Waals surface area contributed by atoms with Crippen molar-refractivity contribution in [3.05, 3.63) is 29.3 Å². The lowest BCUT2D eigenvalue weighted by Gasteiger charge is -2.12. The standard InChI is InChI=1S/C12H16O5S/c1-8-4-5-11(17-3)10(6-8)7-18(15,16)9(2)12(13)14/h4-6,9H,7H2,1-3H3,(H,13,14). The van der Waals surface area contributed by atoms with E-state index in [4.69, 9.17) is 9.84 Å². The van der Waals surface area contributed by atoms with E-state index < -0.39 is 21.1 Å². The summed E-state index contributed by atoms with van der Waals surface area (Å²) < 4.78 is 28.8. The number of rotatable bonds is 5. The molecule has 0 aliphatic heterocycles. The lowest BCUT2D eigenvalue weighted by atomic mass is 10.1. The maximum absolute atomic E-state index is 11.9. The van der Waals surface area contributed by atoms with Crippen molar-refractivity contribution < 1.29 is 23.1 Å². The second-order valence-electron chi connectivity index (χ2n) is 4.10. The number of ether oxygens (including phenoxy) is 1. The molecule has 0 aromatic heterocycles. The molecule has 1 rings (SSSR count). The molecular weight excluding hydrogens is 256 g/mol. The number of methoxy groups -OCH3 is 1. The van der Waals surface area contributed by atoms with E-state index in [2.05, 4.69) is 0 Å². The Kier molecular flexibility index (Phi) is 4.34. The van der Waals surface area contributed by atoms with E-state index in [9.17, 15) is 13.2 Å². The van der Waals surface area contributed by atoms with Crippen molar-refractivity contribution in [2.45, 2.75) is 24.9 Å². The van der Waals surface area contributed by atoms with E-state index in [0.29, 0.717) is 11.3 Å². The zero-order valence-corrected chi connectivity index (χ0v) is 11.3. The molecule has 1 aromatic carbocycles. The molecule has 18 heavy (non-hydrogen) atoms. The highest BCUT2D eigenvalue weighted by atomic mass is 32.2. The van der Waals surface area contributed by atoms with E-state index in [1.807, 2.05) is 6.92 Å². The van der Waals surface area contributed by atoms with E-state index in [1.54, 1.807) is 18.2 Å². The van der Waals surface area contributed by atoms with Gasteiger partial charge in [0.15, 0.2) is 15.1 Å². The van der Waals surface area contributed by atoms with Crippen molar-refractivity contribution in [1.82, 2.24) is 0 Å². The number of carboxylic acids is 1. The van der Waals surface area contributed by atoms with E-state index >= 15 is 0 Å². The SMILES string of the molecule is COc1ccc(C)cc1CS(=O)(=O)C(C)C(=O)O. The molecule has 0 fully saturated rings. The molecule has 5 nitrogen and oxygen atoms in total. The van der Waals surface area contributed by atoms with Gasteiger partial charge in [0.2, 0.25) is 0 Å². The molecule has 1 aromatic rings. The molecule has 1 atom stereocenters. The van der Waals surface area contributed by atoms with Crippen molar-refractivity contribution in [3.8, 4) is 5.75 Å². The molecule has 0 radical (unpaired) electrons. The maximum atomic E-state index is 11.9. The quantitative estimate of drug-likeness (QED) is 0.876. The number of carbonyl (C=O) groups is 1. The highest BCUT2D eigenvalue weighted by Gasteiger charge is 2.28. The van der Waals surface area contributed by atoms with Gasteiger partial charge in [0, 0.05) is 5.56 Å². The zero-order valence-electron chi connectivity index (χ0n) is 10.5. The summed E-state index contributed by atoms with van der Waals surface area (Å²) >= 11 is 0. The highest BCUT2D eigenvalue weighted by molar-refractivity contribution is 7.92. The van der Waals surface area contributed by atoms with Crippen molar-refractivity contribution in [3.63, 3.8) is 0 Å². The summed E-state index contributed by atoms with van der Waals surface area (Å²) in [6, 6.07) is 5.16. The lowest BCUT2D eigenvalue weighted by Crippen LogP contribution is -2.28. The Hall–Kier alpha value is -1.56. The van der Waals surface area contributed by atoms with Crippen LogP contribution in [0.5, 0.6) is 5.75 Å². The fraction of sp³-hybridized carbons (Fsp3) is 0.417. The first-order valence-corrected chi connectivity index (χ1v) is 7.07. The van der Waals surface area contributed by atoms with Gasteiger partial charge in [0.1, 0.15) is 5.75 Å². The van der Waals surface area contributed by atoms with Gasteiger partial charge in [-0.2, -0.15) is 0 Å². The third-order valence-corrected chi connectivity index (χ3v) is 4.67. The van der Waals surface area contributed by atoms with Crippen molar-refractivity contribution >= 4 is 15.8 Å². The first-order chi connectivity index (χ1) is 8.27. The molecule has 0 bridgehead atoms. The van der Waals surface area contributed by atoms with Gasteiger partial charge in [-0.1, -0.05) is 17.7 Å². The predicted octanol–water partition coefficient (Wildman–Crippen LogP) is 1.39. The number of hydrogen-bond acceptors (Lipinski definition) is 4. The Bertz CT molecular complexity index is 548. The summed E-state index contributed by atoms with van der Waals surface area (Å²) in [4.78, 5) is 10.7. The smallest absolute Gasteiger partial charge is 0.321 e. The summed E-state index contributed by atoms with van der Waals surface area (Å²) in [5.41, 5.74) is 1.37. The highest BCUT2D eigenvalue weighted by Crippen LogP contribution is 2.23. The van der Waals surface area contributed by atoms with Gasteiger partial charge in [0.05, 0.1) is 12.9 Å². The van der Waals surface area contributed by atoms with Gasteiger partial charge in [0.25, 0.3) is 0 Å². The van der Waals surface area contributed by atoms with Gasteiger partial charge in [-0.05, 0) is 19.9 Å². The fourth-order valence-electron chi connectivity index (χ4n) is 1.52. The third kappa shape index (κ3) is 3.22. The zero-order chi connectivity index (χ0) is 13.9. The Morgan fingerprint density at radius 3 is 2.56 bits per heavy atom. The average molecular weight is 272 g/mol. The summed E-state index contributed by atoms with van der Waals surface area (Å²) in [7, 11) is -2.30. The van der Waals surface area contributed by atoms with Gasteiger partial charge >= 0.3 is 5.97 Å². The Morgan fingerprint density at radius 2 is 2.06 bits per heavy atom. The van der Waals surface area contributed by atoms with Gasteiger partial charge in [-0.25, -0.2) is 8.42 Å². The average Bonchev–Trinajstić information content (AvgIpc) is 2.27. The van der Waals surface area contributed by atoms with Crippen molar-refractivity contribution in [2.75, 3.05) is 7.11 Å². The molecule has 0 spiro atoms. The first-order valence-electron chi connectivity index (χ1n) is 5.36. The number of benzene rings is 1. The number of aliphatic carboxylic acids is 1. The molecule has 0 heterocycles. The van der Waals surface area contributed by atoms with Crippen LogP contribution in [0.1, 0.15) is 18.1 Å². The topological polar surface area (TPSA) is 80.7 Å². The third-order valence-electron chi connectivity index (χ3n) is 2.68. The minimum absolute atomic E-state index is 0.342. The first kappa shape index (κ1) is 14.5. The van der Waals surface area contributed by atoms with Crippen molar-refractivity contribution in [2.24, 2.45) is 0 Å². The maximum Gasteiger partial charge on any atom is 0.321 e. The summed E-state index contributed by atoms with van der Waals surface area (Å²) in [5.74, 6) is -1.24. The molecule has 1 unspecified atom stereocenters. The monoisotopic (exact) mass is 272 g/mol. The number of carboxylic acid groups (broad SMARTS) is 1. The van der Waals surface area contributed by atoms with Crippen LogP contribution >= 0.6 is 0 Å². The Labute approximate surface area is 106 Å². The minimum atomic E-state index is -3.74. The van der Waals surface area contributed by atoms with E-state index in [0.717, 1.165) is 5.56 Å². The van der Waals surface area contributed by atoms with Crippen LogP contribution in [0.3, 0.4) is 0 Å². The molecule has 6 heteroatoms. The van der Waals surface area contributed by atoms with Gasteiger partial charge in [-0.3, -0.25) is 4.79 Å². The number of hydrogen-bond donors (Lipinski definition) is 1. The van der Waals surface area contributed by atoms with Crippen LogP contribution in [-0.2, 0) is 20.4 Å². The molecule has 100 valence electrons. The van der Waals surface area contributed by atoms with Crippen molar-refractivity contribution in [1.29, 1.82) is 0 Å². The predicted molar refractivity (Wildman–Crippen MR) is 67.5 cm³/mol. The lowest BCUT2D eigenvalue weighted by molar-refractivity contribution is -0.136. The number of aryl methyl sites for hydroxylation is 1. The Morgan fingerprint density at radius 1 is 1.44 bits per heavy atom. The fourth-order valence-corrected chi connectivity index (χ4v) is 2.73. The van der Waals surface area contributed by atoms with E-state index in [-0.39, 0.29) is 5.75 Å². The summed E-state index contributed by atoms with van der Waals surface area (Å²) in [6.45, 7) is 3.00. The summed E-state index contributed by atoms with van der Waals surface area (Å²) in [6.07, 6.45) is 0. The van der Waals surface area contributed by atoms with Crippen LogP contribution in [0.4, 0.5) is 0 Å².